The van der Waals surface area contributed by atoms with Gasteiger partial charge in [-0.2, -0.15) is 0 Å². The molecule has 2 aliphatic rings. The summed E-state index contributed by atoms with van der Waals surface area (Å²) in [4.78, 5) is 1.50. The van der Waals surface area contributed by atoms with Crippen molar-refractivity contribution < 1.29 is 0 Å². The van der Waals surface area contributed by atoms with Crippen LogP contribution in [0.3, 0.4) is 0 Å². The molecular formula is C17H27NS. The van der Waals surface area contributed by atoms with Gasteiger partial charge < -0.3 is 5.32 Å². The van der Waals surface area contributed by atoms with E-state index in [2.05, 4.69) is 50.5 Å². The van der Waals surface area contributed by atoms with E-state index in [1.807, 2.05) is 11.3 Å². The quantitative estimate of drug-likeness (QED) is 0.816. The summed E-state index contributed by atoms with van der Waals surface area (Å²) in [7, 11) is 0. The zero-order valence-corrected chi connectivity index (χ0v) is 13.5. The Kier molecular flexibility index (Phi) is 3.30. The highest BCUT2D eigenvalue weighted by Gasteiger charge is 2.59. The first-order valence-electron chi connectivity index (χ1n) is 7.77. The fraction of sp³-hybridized carbons (Fsp3) is 0.765. The molecule has 0 saturated heterocycles. The monoisotopic (exact) mass is 277 g/mol. The number of fused-ring (bicyclic) bond motifs is 2. The normalized spacial score (nSPS) is 37.7. The summed E-state index contributed by atoms with van der Waals surface area (Å²) in [5, 5.41) is 6.24. The smallest absolute Gasteiger partial charge is 0.0414 e. The topological polar surface area (TPSA) is 12.0 Å². The van der Waals surface area contributed by atoms with E-state index in [-0.39, 0.29) is 0 Å². The van der Waals surface area contributed by atoms with E-state index in [1.54, 1.807) is 0 Å². The summed E-state index contributed by atoms with van der Waals surface area (Å²) in [6, 6.07) is 5.68. The lowest BCUT2D eigenvalue weighted by molar-refractivity contribution is 0.0980. The fourth-order valence-corrected chi connectivity index (χ4v) is 5.68. The first-order chi connectivity index (χ1) is 8.97. The van der Waals surface area contributed by atoms with Crippen molar-refractivity contribution in [2.45, 2.75) is 65.5 Å². The highest BCUT2D eigenvalue weighted by atomic mass is 32.1. The second-order valence-corrected chi connectivity index (χ2v) is 8.47. The molecule has 0 aromatic carbocycles. The van der Waals surface area contributed by atoms with Crippen molar-refractivity contribution in [3.63, 3.8) is 0 Å². The summed E-state index contributed by atoms with van der Waals surface area (Å²) < 4.78 is 0. The van der Waals surface area contributed by atoms with Crippen molar-refractivity contribution in [2.24, 2.45) is 16.7 Å². The van der Waals surface area contributed by atoms with Crippen LogP contribution in [0.2, 0.25) is 0 Å². The van der Waals surface area contributed by atoms with Crippen molar-refractivity contribution in [3.8, 4) is 0 Å². The SMILES string of the molecule is CCC(NC1C(C)(C)[C@H]2CC[C@]1(C)C2)c1cccs1. The molecule has 1 N–H and O–H groups in total. The first-order valence-corrected chi connectivity index (χ1v) is 8.65. The standard InChI is InChI=1S/C17H27NS/c1-5-13(14-7-6-10-19-14)18-15-16(2,3)12-8-9-17(15,4)11-12/h6-7,10,12-13,15,18H,5,8-9,11H2,1-4H3/t12-,13?,15?,17+/m0/s1. The van der Waals surface area contributed by atoms with Crippen LogP contribution in [0.15, 0.2) is 17.5 Å². The van der Waals surface area contributed by atoms with E-state index in [4.69, 9.17) is 0 Å². The summed E-state index contributed by atoms with van der Waals surface area (Å²) in [6.45, 7) is 9.79. The van der Waals surface area contributed by atoms with Crippen LogP contribution in [-0.2, 0) is 0 Å². The maximum absolute atomic E-state index is 4.04. The predicted octanol–water partition coefficient (Wildman–Crippen LogP) is 5.00. The molecule has 2 aliphatic carbocycles. The lowest BCUT2D eigenvalue weighted by Gasteiger charge is -2.45. The molecule has 1 aromatic rings. The van der Waals surface area contributed by atoms with Crippen molar-refractivity contribution in [2.75, 3.05) is 0 Å². The average molecular weight is 277 g/mol. The molecular weight excluding hydrogens is 250 g/mol. The van der Waals surface area contributed by atoms with E-state index in [1.165, 1.54) is 30.6 Å². The minimum absolute atomic E-state index is 0.456. The minimum Gasteiger partial charge on any atom is -0.305 e. The maximum Gasteiger partial charge on any atom is 0.0414 e. The van der Waals surface area contributed by atoms with Crippen molar-refractivity contribution in [1.82, 2.24) is 5.32 Å². The molecule has 1 nitrogen and oxygen atoms in total. The van der Waals surface area contributed by atoms with Crippen LogP contribution in [0.4, 0.5) is 0 Å². The molecule has 3 rings (SSSR count). The average Bonchev–Trinajstić information content (AvgIpc) is 3.02. The van der Waals surface area contributed by atoms with Gasteiger partial charge in [0.05, 0.1) is 0 Å². The molecule has 2 saturated carbocycles. The van der Waals surface area contributed by atoms with Gasteiger partial charge in [-0.25, -0.2) is 0 Å². The van der Waals surface area contributed by atoms with Crippen LogP contribution in [0.5, 0.6) is 0 Å². The third-order valence-corrected chi connectivity index (χ3v) is 6.92. The van der Waals surface area contributed by atoms with E-state index in [0.717, 1.165) is 5.92 Å². The molecule has 1 aromatic heterocycles. The maximum atomic E-state index is 4.04. The Labute approximate surface area is 121 Å². The molecule has 4 atom stereocenters. The lowest BCUT2D eigenvalue weighted by atomic mass is 9.68. The fourth-order valence-electron chi connectivity index (χ4n) is 4.81. The molecule has 1 heterocycles. The van der Waals surface area contributed by atoms with Crippen LogP contribution < -0.4 is 5.32 Å². The van der Waals surface area contributed by atoms with Gasteiger partial charge in [-0.15, -0.1) is 11.3 Å². The zero-order valence-electron chi connectivity index (χ0n) is 12.7. The largest absolute Gasteiger partial charge is 0.305 e. The van der Waals surface area contributed by atoms with E-state index < -0.39 is 0 Å². The van der Waals surface area contributed by atoms with E-state index >= 15 is 0 Å². The highest BCUT2D eigenvalue weighted by molar-refractivity contribution is 7.10. The van der Waals surface area contributed by atoms with Crippen LogP contribution >= 0.6 is 11.3 Å². The number of nitrogens with one attached hydrogen (secondary N) is 1. The second-order valence-electron chi connectivity index (χ2n) is 7.49. The highest BCUT2D eigenvalue weighted by Crippen LogP contribution is 2.62. The minimum atomic E-state index is 0.456. The summed E-state index contributed by atoms with van der Waals surface area (Å²) >= 11 is 1.90. The summed E-state index contributed by atoms with van der Waals surface area (Å²) in [5.41, 5.74) is 0.983. The Morgan fingerprint density at radius 1 is 1.42 bits per heavy atom. The van der Waals surface area contributed by atoms with Gasteiger partial charge in [0.15, 0.2) is 0 Å². The van der Waals surface area contributed by atoms with Gasteiger partial charge in [-0.1, -0.05) is 33.8 Å². The molecule has 0 spiro atoms. The molecule has 2 bridgehead atoms. The van der Waals surface area contributed by atoms with Gasteiger partial charge in [0, 0.05) is 17.0 Å². The van der Waals surface area contributed by atoms with E-state index in [9.17, 15) is 0 Å². The molecule has 0 aliphatic heterocycles. The number of hydrogen-bond donors (Lipinski definition) is 1. The summed E-state index contributed by atoms with van der Waals surface area (Å²) in [6.07, 6.45) is 5.48. The van der Waals surface area contributed by atoms with Gasteiger partial charge >= 0.3 is 0 Å². The predicted molar refractivity (Wildman–Crippen MR) is 83.5 cm³/mol. The lowest BCUT2D eigenvalue weighted by Crippen LogP contribution is -2.51. The Hall–Kier alpha value is -0.340. The molecule has 0 radical (unpaired) electrons. The van der Waals surface area contributed by atoms with E-state index in [0.29, 0.717) is 22.9 Å². The Morgan fingerprint density at radius 2 is 2.21 bits per heavy atom. The molecule has 2 unspecified atom stereocenters. The third kappa shape index (κ3) is 2.08. The molecule has 106 valence electrons. The Morgan fingerprint density at radius 3 is 2.74 bits per heavy atom. The van der Waals surface area contributed by atoms with Crippen molar-refractivity contribution in [3.05, 3.63) is 22.4 Å². The number of rotatable bonds is 4. The van der Waals surface area contributed by atoms with Gasteiger partial charge in [-0.3, -0.25) is 0 Å². The van der Waals surface area contributed by atoms with Crippen LogP contribution in [0.1, 0.15) is 64.3 Å². The molecule has 19 heavy (non-hydrogen) atoms. The summed E-state index contributed by atoms with van der Waals surface area (Å²) in [5.74, 6) is 0.927. The van der Waals surface area contributed by atoms with Gasteiger partial charge in [0.25, 0.3) is 0 Å². The van der Waals surface area contributed by atoms with Crippen molar-refractivity contribution in [1.29, 1.82) is 0 Å². The zero-order chi connectivity index (χ0) is 13.7. The van der Waals surface area contributed by atoms with Gasteiger partial charge in [-0.05, 0) is 53.9 Å². The third-order valence-electron chi connectivity index (χ3n) is 5.93. The first kappa shape index (κ1) is 13.6. The molecule has 2 heteroatoms. The van der Waals surface area contributed by atoms with Crippen molar-refractivity contribution >= 4 is 11.3 Å². The Bertz CT molecular complexity index is 431. The molecule has 2 fully saturated rings. The number of thiophene rings is 1. The second kappa shape index (κ2) is 4.60. The van der Waals surface area contributed by atoms with Gasteiger partial charge in [0.1, 0.15) is 0 Å². The number of hydrogen-bond acceptors (Lipinski definition) is 2. The van der Waals surface area contributed by atoms with Crippen LogP contribution in [0, 0.1) is 16.7 Å². The van der Waals surface area contributed by atoms with Crippen LogP contribution in [0.25, 0.3) is 0 Å². The molecule has 0 amide bonds. The van der Waals surface area contributed by atoms with Gasteiger partial charge in [0.2, 0.25) is 0 Å². The van der Waals surface area contributed by atoms with Crippen LogP contribution in [-0.4, -0.2) is 6.04 Å². The Balaban J connectivity index is 1.82.